The second-order valence-corrected chi connectivity index (χ2v) is 7.57. The molecule has 7 heteroatoms. The fourth-order valence-electron chi connectivity index (χ4n) is 2.76. The Morgan fingerprint density at radius 1 is 1.07 bits per heavy atom. The second-order valence-electron chi connectivity index (χ2n) is 6.71. The van der Waals surface area contributed by atoms with Crippen LogP contribution in [0, 0.1) is 27.7 Å². The van der Waals surface area contributed by atoms with E-state index in [-0.39, 0.29) is 5.56 Å². The first-order chi connectivity index (χ1) is 13.3. The molecule has 3 rings (SSSR count). The van der Waals surface area contributed by atoms with E-state index >= 15 is 0 Å². The summed E-state index contributed by atoms with van der Waals surface area (Å²) in [6.07, 6.45) is 1.30. The van der Waals surface area contributed by atoms with E-state index in [4.69, 9.17) is 0 Å². The van der Waals surface area contributed by atoms with E-state index in [9.17, 15) is 9.59 Å². The largest absolute Gasteiger partial charge is 0.345 e. The predicted octanol–water partition coefficient (Wildman–Crippen LogP) is 4.81. The zero-order chi connectivity index (χ0) is 20.4. The van der Waals surface area contributed by atoms with Gasteiger partial charge in [0.05, 0.1) is 11.3 Å². The maximum absolute atomic E-state index is 12.7. The van der Waals surface area contributed by atoms with Gasteiger partial charge in [0.15, 0.2) is 0 Å². The number of aryl methyl sites for hydroxylation is 4. The molecule has 2 N–H and O–H groups in total. The zero-order valence-electron chi connectivity index (χ0n) is 16.1. The summed E-state index contributed by atoms with van der Waals surface area (Å²) in [6.45, 7) is 7.70. The number of carbonyl (C=O) groups is 1. The van der Waals surface area contributed by atoms with Gasteiger partial charge in [0.2, 0.25) is 0 Å². The second kappa shape index (κ2) is 7.98. The summed E-state index contributed by atoms with van der Waals surface area (Å²) in [6, 6.07) is 10.7. The van der Waals surface area contributed by atoms with Gasteiger partial charge >= 0.3 is 6.03 Å². The van der Waals surface area contributed by atoms with Crippen LogP contribution in [0.1, 0.15) is 27.9 Å². The number of H-pyrrole nitrogens is 1. The lowest BCUT2D eigenvalue weighted by Crippen LogP contribution is -2.18. The molecule has 0 aliphatic carbocycles. The summed E-state index contributed by atoms with van der Waals surface area (Å²) < 4.78 is 2.41. The van der Waals surface area contributed by atoms with Crippen molar-refractivity contribution in [2.24, 2.45) is 4.99 Å². The molecule has 0 fully saturated rings. The van der Waals surface area contributed by atoms with Crippen LogP contribution in [0.15, 0.2) is 50.7 Å². The topological polar surface area (TPSA) is 79.2 Å². The molecule has 144 valence electrons. The van der Waals surface area contributed by atoms with Crippen LogP contribution >= 0.6 is 15.9 Å². The minimum absolute atomic E-state index is 0.262. The average Bonchev–Trinajstić information content (AvgIpc) is 2.93. The molecule has 0 atom stereocenters. The van der Waals surface area contributed by atoms with Crippen LogP contribution in [-0.2, 0) is 0 Å². The van der Waals surface area contributed by atoms with E-state index in [1.165, 1.54) is 10.9 Å². The molecule has 0 bridgehead atoms. The van der Waals surface area contributed by atoms with E-state index in [1.807, 2.05) is 57.2 Å². The summed E-state index contributed by atoms with van der Waals surface area (Å²) in [7, 11) is 0. The highest BCUT2D eigenvalue weighted by Gasteiger charge is 2.12. The van der Waals surface area contributed by atoms with E-state index in [2.05, 4.69) is 31.3 Å². The van der Waals surface area contributed by atoms with Crippen molar-refractivity contribution >= 4 is 33.9 Å². The van der Waals surface area contributed by atoms with Crippen molar-refractivity contribution in [1.82, 2.24) is 9.78 Å². The number of anilines is 1. The molecule has 28 heavy (non-hydrogen) atoms. The molecule has 6 nitrogen and oxygen atoms in total. The van der Waals surface area contributed by atoms with Gasteiger partial charge in [0.1, 0.15) is 0 Å². The molecule has 0 radical (unpaired) electrons. The summed E-state index contributed by atoms with van der Waals surface area (Å²) in [5.74, 6) is 0. The molecule has 0 saturated heterocycles. The number of halogens is 1. The first-order valence-corrected chi connectivity index (χ1v) is 9.56. The molecule has 1 aromatic heterocycles. The van der Waals surface area contributed by atoms with Gasteiger partial charge in [-0.3, -0.25) is 9.89 Å². The van der Waals surface area contributed by atoms with Gasteiger partial charge in [0.25, 0.3) is 5.56 Å². The lowest BCUT2D eigenvalue weighted by molar-refractivity contribution is 0.259. The number of nitrogens with zero attached hydrogens (tertiary/aromatic N) is 2. The molecular weight excluding hydrogens is 420 g/mol. The van der Waals surface area contributed by atoms with E-state index in [0.717, 1.165) is 21.2 Å². The number of carbonyl (C=O) groups excluding carboxylic acids is 1. The van der Waals surface area contributed by atoms with Crippen LogP contribution in [0.5, 0.6) is 0 Å². The molecular formula is C21H21BrN4O2. The fraction of sp³-hybridized carbons (Fsp3) is 0.190. The molecule has 2 aromatic carbocycles. The maximum atomic E-state index is 12.7. The Morgan fingerprint density at radius 3 is 2.50 bits per heavy atom. The monoisotopic (exact) mass is 440 g/mol. The van der Waals surface area contributed by atoms with E-state index in [0.29, 0.717) is 22.6 Å². The molecule has 1 heterocycles. The number of nitrogens with one attached hydrogen (secondary N) is 2. The van der Waals surface area contributed by atoms with Gasteiger partial charge in [-0.05, 0) is 74.7 Å². The lowest BCUT2D eigenvalue weighted by Gasteiger charge is -2.04. The third-order valence-electron chi connectivity index (χ3n) is 4.59. The quantitative estimate of drug-likeness (QED) is 0.572. The van der Waals surface area contributed by atoms with Crippen molar-refractivity contribution in [1.29, 1.82) is 0 Å². The summed E-state index contributed by atoms with van der Waals surface area (Å²) >= 11 is 3.45. The first-order valence-electron chi connectivity index (χ1n) is 8.76. The third kappa shape index (κ3) is 4.14. The molecule has 0 aliphatic heterocycles. The Balaban J connectivity index is 1.83. The van der Waals surface area contributed by atoms with Crippen molar-refractivity contribution in [3.8, 4) is 5.69 Å². The Hall–Kier alpha value is -2.93. The molecule has 2 amide bonds. The van der Waals surface area contributed by atoms with Crippen LogP contribution in [0.2, 0.25) is 0 Å². The number of aromatic nitrogens is 2. The first kappa shape index (κ1) is 19.8. The maximum Gasteiger partial charge on any atom is 0.345 e. The standard InChI is InChI=1S/C21H21BrN4O2/c1-12-5-6-16(9-13(12)2)24-21(28)23-11-18-15(4)25-26(20(18)27)17-7-8-19(22)14(3)10-17/h5-11,25H,1-4H3,(H,24,28). The van der Waals surface area contributed by atoms with Crippen molar-refractivity contribution in [3.63, 3.8) is 0 Å². The normalized spacial score (nSPS) is 11.2. The highest BCUT2D eigenvalue weighted by molar-refractivity contribution is 9.10. The number of rotatable bonds is 3. The van der Waals surface area contributed by atoms with Crippen LogP contribution in [-0.4, -0.2) is 22.0 Å². The number of aromatic amines is 1. The number of urea groups is 1. The molecule has 0 saturated carbocycles. The molecule has 0 aliphatic rings. The molecule has 0 spiro atoms. The number of benzene rings is 2. The number of hydrogen-bond donors (Lipinski definition) is 2. The Morgan fingerprint density at radius 2 is 1.82 bits per heavy atom. The SMILES string of the molecule is Cc1ccc(NC(=O)N=Cc2c(C)[nH]n(-c3ccc(Br)c(C)c3)c2=O)cc1C. The van der Waals surface area contributed by atoms with Gasteiger partial charge in [-0.2, -0.15) is 0 Å². The highest BCUT2D eigenvalue weighted by Crippen LogP contribution is 2.19. The van der Waals surface area contributed by atoms with Gasteiger partial charge in [-0.1, -0.05) is 22.0 Å². The highest BCUT2D eigenvalue weighted by atomic mass is 79.9. The average molecular weight is 441 g/mol. The Bertz CT molecular complexity index is 1140. The number of hydrogen-bond acceptors (Lipinski definition) is 2. The van der Waals surface area contributed by atoms with Crippen LogP contribution in [0.3, 0.4) is 0 Å². The predicted molar refractivity (Wildman–Crippen MR) is 116 cm³/mol. The van der Waals surface area contributed by atoms with Crippen molar-refractivity contribution in [2.75, 3.05) is 5.32 Å². The number of aliphatic imine (C=N–C) groups is 1. The summed E-state index contributed by atoms with van der Waals surface area (Å²) in [5.41, 5.74) is 5.33. The van der Waals surface area contributed by atoms with Gasteiger partial charge in [-0.25, -0.2) is 14.5 Å². The van der Waals surface area contributed by atoms with Crippen molar-refractivity contribution < 1.29 is 4.79 Å². The van der Waals surface area contributed by atoms with E-state index < -0.39 is 6.03 Å². The fourth-order valence-corrected chi connectivity index (χ4v) is 3.01. The summed E-state index contributed by atoms with van der Waals surface area (Å²) in [4.78, 5) is 28.8. The van der Waals surface area contributed by atoms with Gasteiger partial charge < -0.3 is 5.32 Å². The van der Waals surface area contributed by atoms with Crippen LogP contribution < -0.4 is 10.9 Å². The summed E-state index contributed by atoms with van der Waals surface area (Å²) in [5, 5.41) is 5.74. The molecule has 0 unspecified atom stereocenters. The van der Waals surface area contributed by atoms with Gasteiger partial charge in [0, 0.05) is 22.1 Å². The smallest absolute Gasteiger partial charge is 0.306 e. The van der Waals surface area contributed by atoms with Gasteiger partial charge in [-0.15, -0.1) is 0 Å². The third-order valence-corrected chi connectivity index (χ3v) is 5.48. The van der Waals surface area contributed by atoms with Crippen LogP contribution in [0.25, 0.3) is 5.69 Å². The van der Waals surface area contributed by atoms with E-state index in [1.54, 1.807) is 6.92 Å². The minimum Gasteiger partial charge on any atom is -0.306 e. The molecule has 3 aromatic rings. The van der Waals surface area contributed by atoms with Crippen LogP contribution in [0.4, 0.5) is 10.5 Å². The zero-order valence-corrected chi connectivity index (χ0v) is 17.7. The lowest BCUT2D eigenvalue weighted by atomic mass is 10.1. The van der Waals surface area contributed by atoms with Crippen molar-refractivity contribution in [2.45, 2.75) is 27.7 Å². The Kier molecular flexibility index (Phi) is 5.65. The number of amides is 2. The Labute approximate surface area is 171 Å². The van der Waals surface area contributed by atoms with Crippen molar-refractivity contribution in [3.05, 3.63) is 79.2 Å². The minimum atomic E-state index is -0.533.